The molecule has 116 valence electrons. The minimum absolute atomic E-state index is 0.0259. The van der Waals surface area contributed by atoms with Gasteiger partial charge in [0.05, 0.1) is 6.54 Å². The van der Waals surface area contributed by atoms with Crippen LogP contribution in [0.4, 0.5) is 25.1 Å². The fourth-order valence-corrected chi connectivity index (χ4v) is 1.68. The van der Waals surface area contributed by atoms with Crippen molar-refractivity contribution in [3.8, 4) is 0 Å². The largest absolute Gasteiger partial charge is 0.363 e. The first-order chi connectivity index (χ1) is 10.4. The zero-order valence-corrected chi connectivity index (χ0v) is 12.1. The molecule has 0 spiro atoms. The molecule has 22 heavy (non-hydrogen) atoms. The molecule has 0 saturated heterocycles. The number of hydrogen-bond acceptors (Lipinski definition) is 4. The quantitative estimate of drug-likeness (QED) is 0.908. The van der Waals surface area contributed by atoms with E-state index in [4.69, 9.17) is 0 Å². The molecule has 1 aromatic heterocycles. The Morgan fingerprint density at radius 2 is 1.91 bits per heavy atom. The van der Waals surface area contributed by atoms with Crippen molar-refractivity contribution in [3.63, 3.8) is 0 Å². The lowest BCUT2D eigenvalue weighted by Gasteiger charge is -2.12. The Morgan fingerprint density at radius 1 is 1.23 bits per heavy atom. The third kappa shape index (κ3) is 4.37. The lowest BCUT2D eigenvalue weighted by atomic mass is 10.3. The van der Waals surface area contributed by atoms with Crippen LogP contribution in [0, 0.1) is 11.6 Å². The van der Waals surface area contributed by atoms with Crippen LogP contribution in [-0.4, -0.2) is 30.1 Å². The first-order valence-corrected chi connectivity index (χ1v) is 6.44. The maximum Gasteiger partial charge on any atom is 0.319 e. The van der Waals surface area contributed by atoms with Gasteiger partial charge in [0, 0.05) is 32.0 Å². The van der Waals surface area contributed by atoms with Gasteiger partial charge in [-0.05, 0) is 18.2 Å². The highest BCUT2D eigenvalue weighted by atomic mass is 19.1. The summed E-state index contributed by atoms with van der Waals surface area (Å²) in [7, 11) is 3.68. The average molecular weight is 307 g/mol. The van der Waals surface area contributed by atoms with Gasteiger partial charge in [-0.2, -0.15) is 0 Å². The monoisotopic (exact) mass is 307 g/mol. The SMILES string of the molecule is CN(C)c1ccnc(CNC(=O)Nc2cc(F)cc(F)c2)n1. The van der Waals surface area contributed by atoms with Crippen LogP contribution >= 0.6 is 0 Å². The molecule has 0 aliphatic carbocycles. The topological polar surface area (TPSA) is 70.2 Å². The Labute approximate surface area is 126 Å². The van der Waals surface area contributed by atoms with Gasteiger partial charge in [-0.1, -0.05) is 0 Å². The Balaban J connectivity index is 1.94. The van der Waals surface area contributed by atoms with Crippen LogP contribution in [0.3, 0.4) is 0 Å². The fraction of sp³-hybridized carbons (Fsp3) is 0.214. The highest BCUT2D eigenvalue weighted by Gasteiger charge is 2.07. The Hall–Kier alpha value is -2.77. The molecule has 0 saturated carbocycles. The van der Waals surface area contributed by atoms with E-state index in [0.717, 1.165) is 18.2 Å². The zero-order valence-electron chi connectivity index (χ0n) is 12.1. The molecule has 2 N–H and O–H groups in total. The van der Waals surface area contributed by atoms with Crippen molar-refractivity contribution >= 4 is 17.5 Å². The number of benzene rings is 1. The lowest BCUT2D eigenvalue weighted by Crippen LogP contribution is -2.29. The second-order valence-electron chi connectivity index (χ2n) is 4.69. The predicted octanol–water partition coefficient (Wildman–Crippen LogP) is 2.14. The van der Waals surface area contributed by atoms with Crippen molar-refractivity contribution in [2.45, 2.75) is 6.54 Å². The summed E-state index contributed by atoms with van der Waals surface area (Å²) in [5.74, 6) is -0.402. The summed E-state index contributed by atoms with van der Waals surface area (Å²) in [6, 6.07) is 3.89. The molecule has 0 aliphatic heterocycles. The number of nitrogens with zero attached hydrogens (tertiary/aromatic N) is 3. The van der Waals surface area contributed by atoms with Crippen LogP contribution in [0.5, 0.6) is 0 Å². The minimum atomic E-state index is -0.766. The number of urea groups is 1. The van der Waals surface area contributed by atoms with Crippen LogP contribution in [-0.2, 0) is 6.54 Å². The van der Waals surface area contributed by atoms with Crippen LogP contribution in [0.2, 0.25) is 0 Å². The van der Waals surface area contributed by atoms with E-state index in [1.807, 2.05) is 14.1 Å². The van der Waals surface area contributed by atoms with E-state index in [2.05, 4.69) is 20.6 Å². The van der Waals surface area contributed by atoms with Crippen molar-refractivity contribution < 1.29 is 13.6 Å². The summed E-state index contributed by atoms with van der Waals surface area (Å²) >= 11 is 0. The van der Waals surface area contributed by atoms with Gasteiger partial charge < -0.3 is 15.5 Å². The normalized spacial score (nSPS) is 10.2. The molecule has 0 radical (unpaired) electrons. The van der Waals surface area contributed by atoms with Gasteiger partial charge in [-0.3, -0.25) is 0 Å². The number of rotatable bonds is 4. The summed E-state index contributed by atoms with van der Waals surface area (Å²) in [5, 5.41) is 4.85. The molecule has 6 nitrogen and oxygen atoms in total. The van der Waals surface area contributed by atoms with Crippen molar-refractivity contribution in [2.75, 3.05) is 24.3 Å². The lowest BCUT2D eigenvalue weighted by molar-refractivity contribution is 0.251. The molecular formula is C14H15F2N5O. The maximum atomic E-state index is 13.0. The molecule has 0 aliphatic rings. The number of aromatic nitrogens is 2. The molecule has 2 amide bonds. The van der Waals surface area contributed by atoms with Crippen molar-refractivity contribution in [1.29, 1.82) is 0 Å². The number of anilines is 2. The summed E-state index contributed by atoms with van der Waals surface area (Å²) in [6.07, 6.45) is 1.58. The second kappa shape index (κ2) is 6.79. The van der Waals surface area contributed by atoms with E-state index in [9.17, 15) is 13.6 Å². The number of carbonyl (C=O) groups is 1. The van der Waals surface area contributed by atoms with Crippen LogP contribution in [0.25, 0.3) is 0 Å². The van der Waals surface area contributed by atoms with Crippen molar-refractivity contribution in [3.05, 3.63) is 47.9 Å². The average Bonchev–Trinajstić information content (AvgIpc) is 2.44. The third-order valence-electron chi connectivity index (χ3n) is 2.68. The standard InChI is InChI=1S/C14H15F2N5O/c1-21(2)13-3-4-17-12(20-13)8-18-14(22)19-11-6-9(15)5-10(16)7-11/h3-7H,8H2,1-2H3,(H2,18,19,22). The number of hydrogen-bond donors (Lipinski definition) is 2. The van der Waals surface area contributed by atoms with Gasteiger partial charge in [-0.15, -0.1) is 0 Å². The first kappa shape index (κ1) is 15.6. The predicted molar refractivity (Wildman–Crippen MR) is 78.6 cm³/mol. The number of amides is 2. The third-order valence-corrected chi connectivity index (χ3v) is 2.68. The summed E-state index contributed by atoms with van der Waals surface area (Å²) in [5.41, 5.74) is 0.0259. The van der Waals surface area contributed by atoms with E-state index in [0.29, 0.717) is 11.6 Å². The molecule has 0 atom stereocenters. The smallest absolute Gasteiger partial charge is 0.319 e. The minimum Gasteiger partial charge on any atom is -0.363 e. The van der Waals surface area contributed by atoms with E-state index in [1.165, 1.54) is 0 Å². The van der Waals surface area contributed by atoms with Gasteiger partial charge in [0.15, 0.2) is 0 Å². The van der Waals surface area contributed by atoms with Crippen LogP contribution in [0.1, 0.15) is 5.82 Å². The molecule has 0 bridgehead atoms. The van der Waals surface area contributed by atoms with Crippen molar-refractivity contribution in [1.82, 2.24) is 15.3 Å². The molecule has 0 fully saturated rings. The molecule has 2 aromatic rings. The molecule has 2 rings (SSSR count). The van der Waals surface area contributed by atoms with Crippen LogP contribution < -0.4 is 15.5 Å². The van der Waals surface area contributed by atoms with E-state index >= 15 is 0 Å². The number of nitrogens with one attached hydrogen (secondary N) is 2. The molecule has 1 heterocycles. The first-order valence-electron chi connectivity index (χ1n) is 6.44. The highest BCUT2D eigenvalue weighted by molar-refractivity contribution is 5.89. The Kier molecular flexibility index (Phi) is 4.82. The summed E-state index contributed by atoms with van der Waals surface area (Å²) in [6.45, 7) is 0.0886. The Bertz CT molecular complexity index is 658. The van der Waals surface area contributed by atoms with Gasteiger partial charge in [0.1, 0.15) is 23.3 Å². The zero-order chi connectivity index (χ0) is 16.1. The fourth-order valence-electron chi connectivity index (χ4n) is 1.68. The van der Waals surface area contributed by atoms with Gasteiger partial charge in [0.2, 0.25) is 0 Å². The summed E-state index contributed by atoms with van der Waals surface area (Å²) in [4.78, 5) is 21.8. The summed E-state index contributed by atoms with van der Waals surface area (Å²) < 4.78 is 26.0. The maximum absolute atomic E-state index is 13.0. The molecule has 1 aromatic carbocycles. The number of halogens is 2. The Morgan fingerprint density at radius 3 is 2.55 bits per heavy atom. The second-order valence-corrected chi connectivity index (χ2v) is 4.69. The van der Waals surface area contributed by atoms with E-state index in [-0.39, 0.29) is 12.2 Å². The van der Waals surface area contributed by atoms with Crippen LogP contribution in [0.15, 0.2) is 30.5 Å². The van der Waals surface area contributed by atoms with Gasteiger partial charge in [0.25, 0.3) is 0 Å². The van der Waals surface area contributed by atoms with E-state index < -0.39 is 17.7 Å². The van der Waals surface area contributed by atoms with Gasteiger partial charge >= 0.3 is 6.03 Å². The molecule has 0 unspecified atom stereocenters. The van der Waals surface area contributed by atoms with Gasteiger partial charge in [-0.25, -0.2) is 23.5 Å². The van der Waals surface area contributed by atoms with E-state index in [1.54, 1.807) is 17.2 Å². The van der Waals surface area contributed by atoms with Crippen molar-refractivity contribution in [2.24, 2.45) is 0 Å². The molecular weight excluding hydrogens is 292 g/mol. The number of carbonyl (C=O) groups excluding carboxylic acids is 1. The molecule has 8 heteroatoms. The highest BCUT2D eigenvalue weighted by Crippen LogP contribution is 2.12.